The van der Waals surface area contributed by atoms with E-state index in [-0.39, 0.29) is 5.88 Å². The van der Waals surface area contributed by atoms with Crippen LogP contribution in [0.15, 0.2) is 18.6 Å². The van der Waals surface area contributed by atoms with Gasteiger partial charge in [0.05, 0.1) is 0 Å². The lowest BCUT2D eigenvalue weighted by Crippen LogP contribution is -1.91. The zero-order valence-electron chi connectivity index (χ0n) is 7.01. The molecule has 1 aliphatic carbocycles. The molecule has 0 bridgehead atoms. The number of fused-ring (bicyclic) bond motifs is 1. The molecule has 0 radical (unpaired) electrons. The second-order valence-electron chi connectivity index (χ2n) is 3.40. The fourth-order valence-corrected chi connectivity index (χ4v) is 1.61. The number of aromatic nitrogens is 3. The molecule has 0 amide bonds. The van der Waals surface area contributed by atoms with Crippen molar-refractivity contribution in [3.05, 3.63) is 24.3 Å². The first-order valence-electron chi connectivity index (χ1n) is 4.37. The van der Waals surface area contributed by atoms with Gasteiger partial charge in [-0.25, -0.2) is 9.97 Å². The van der Waals surface area contributed by atoms with Crippen LogP contribution >= 0.6 is 0 Å². The van der Waals surface area contributed by atoms with Gasteiger partial charge in [-0.1, -0.05) is 0 Å². The Morgan fingerprint density at radius 3 is 3.00 bits per heavy atom. The Labute approximate surface area is 74.9 Å². The lowest BCUT2D eigenvalue weighted by Gasteiger charge is -1.98. The van der Waals surface area contributed by atoms with Gasteiger partial charge >= 0.3 is 0 Å². The molecule has 1 fully saturated rings. The smallest absolute Gasteiger partial charge is 0.255 e. The van der Waals surface area contributed by atoms with Crippen molar-refractivity contribution in [1.82, 2.24) is 14.4 Å². The molecule has 2 aromatic heterocycles. The highest BCUT2D eigenvalue weighted by atomic mass is 16.3. The summed E-state index contributed by atoms with van der Waals surface area (Å²) in [5.74, 6) is 0.645. The minimum atomic E-state index is 0.00870. The molecule has 1 saturated carbocycles. The summed E-state index contributed by atoms with van der Waals surface area (Å²) in [5, 5.41) is 9.39. The SMILES string of the molecule is Oc1nccn2c(C3CC3)cnc12. The molecule has 0 unspecified atom stereocenters. The fourth-order valence-electron chi connectivity index (χ4n) is 1.61. The van der Waals surface area contributed by atoms with E-state index in [1.165, 1.54) is 18.5 Å². The van der Waals surface area contributed by atoms with Crippen molar-refractivity contribution < 1.29 is 5.11 Å². The quantitative estimate of drug-likeness (QED) is 0.711. The maximum Gasteiger partial charge on any atom is 0.255 e. The summed E-state index contributed by atoms with van der Waals surface area (Å²) < 4.78 is 1.92. The normalized spacial score (nSPS) is 16.6. The van der Waals surface area contributed by atoms with Crippen molar-refractivity contribution in [2.24, 2.45) is 0 Å². The summed E-state index contributed by atoms with van der Waals surface area (Å²) in [7, 11) is 0. The third-order valence-corrected chi connectivity index (χ3v) is 2.43. The topological polar surface area (TPSA) is 50.4 Å². The zero-order valence-corrected chi connectivity index (χ0v) is 7.01. The average molecular weight is 175 g/mol. The van der Waals surface area contributed by atoms with Crippen LogP contribution in [0.3, 0.4) is 0 Å². The second-order valence-corrected chi connectivity index (χ2v) is 3.40. The molecule has 1 N–H and O–H groups in total. The minimum Gasteiger partial charge on any atom is -0.491 e. The lowest BCUT2D eigenvalue weighted by molar-refractivity contribution is 0.455. The van der Waals surface area contributed by atoms with E-state index in [9.17, 15) is 5.11 Å². The highest BCUT2D eigenvalue weighted by Gasteiger charge is 2.27. The van der Waals surface area contributed by atoms with Gasteiger partial charge in [-0.05, 0) is 12.8 Å². The van der Waals surface area contributed by atoms with E-state index in [2.05, 4.69) is 9.97 Å². The Bertz CT molecular complexity index is 459. The van der Waals surface area contributed by atoms with Gasteiger partial charge in [0.25, 0.3) is 5.88 Å². The first-order chi connectivity index (χ1) is 6.36. The van der Waals surface area contributed by atoms with Gasteiger partial charge < -0.3 is 5.11 Å². The van der Waals surface area contributed by atoms with Gasteiger partial charge in [0, 0.05) is 30.2 Å². The molecule has 2 aromatic rings. The van der Waals surface area contributed by atoms with Crippen molar-refractivity contribution in [2.45, 2.75) is 18.8 Å². The molecule has 4 nitrogen and oxygen atoms in total. The van der Waals surface area contributed by atoms with Gasteiger partial charge in [0.1, 0.15) is 0 Å². The molecule has 66 valence electrons. The minimum absolute atomic E-state index is 0.00870. The van der Waals surface area contributed by atoms with Gasteiger partial charge in [0.15, 0.2) is 0 Å². The summed E-state index contributed by atoms with van der Waals surface area (Å²) in [4.78, 5) is 7.90. The van der Waals surface area contributed by atoms with Crippen LogP contribution in [0.4, 0.5) is 0 Å². The maximum atomic E-state index is 9.39. The molecule has 0 aliphatic heterocycles. The monoisotopic (exact) mass is 175 g/mol. The van der Waals surface area contributed by atoms with E-state index in [0.717, 1.165) is 0 Å². The summed E-state index contributed by atoms with van der Waals surface area (Å²) >= 11 is 0. The molecule has 0 aromatic carbocycles. The van der Waals surface area contributed by atoms with Crippen molar-refractivity contribution in [1.29, 1.82) is 0 Å². The maximum absolute atomic E-state index is 9.39. The Morgan fingerprint density at radius 1 is 1.38 bits per heavy atom. The molecule has 3 rings (SSSR count). The summed E-state index contributed by atoms with van der Waals surface area (Å²) in [6.07, 6.45) is 7.73. The van der Waals surface area contributed by atoms with Gasteiger partial charge in [-0.3, -0.25) is 4.40 Å². The van der Waals surface area contributed by atoms with E-state index >= 15 is 0 Å². The predicted octanol–water partition coefficient (Wildman–Crippen LogP) is 1.31. The van der Waals surface area contributed by atoms with Crippen LogP contribution in [0.2, 0.25) is 0 Å². The van der Waals surface area contributed by atoms with Crippen LogP contribution in [0.25, 0.3) is 5.65 Å². The van der Waals surface area contributed by atoms with Crippen LogP contribution in [0, 0.1) is 0 Å². The standard InChI is InChI=1S/C9H9N3O/c13-9-8-11-5-7(6-1-2-6)12(8)4-3-10-9/h3-6H,1-2H2,(H,10,13). The van der Waals surface area contributed by atoms with Crippen LogP contribution in [0.1, 0.15) is 24.5 Å². The lowest BCUT2D eigenvalue weighted by atomic mass is 10.3. The summed E-state index contributed by atoms with van der Waals surface area (Å²) in [5.41, 5.74) is 1.75. The number of hydrogen-bond acceptors (Lipinski definition) is 3. The Hall–Kier alpha value is -1.58. The number of rotatable bonds is 1. The third kappa shape index (κ3) is 0.915. The molecular formula is C9H9N3O. The van der Waals surface area contributed by atoms with Crippen LogP contribution in [-0.2, 0) is 0 Å². The van der Waals surface area contributed by atoms with Gasteiger partial charge in [0.2, 0.25) is 5.65 Å². The van der Waals surface area contributed by atoms with E-state index in [0.29, 0.717) is 11.6 Å². The van der Waals surface area contributed by atoms with E-state index < -0.39 is 0 Å². The number of hydrogen-bond donors (Lipinski definition) is 1. The first kappa shape index (κ1) is 6.88. The molecule has 1 aliphatic rings. The molecule has 0 atom stereocenters. The van der Waals surface area contributed by atoms with Crippen molar-refractivity contribution in [3.8, 4) is 5.88 Å². The number of nitrogens with zero attached hydrogens (tertiary/aromatic N) is 3. The second kappa shape index (κ2) is 2.22. The van der Waals surface area contributed by atoms with Gasteiger partial charge in [-0.15, -0.1) is 0 Å². The highest BCUT2D eigenvalue weighted by Crippen LogP contribution is 2.40. The Morgan fingerprint density at radius 2 is 2.23 bits per heavy atom. The largest absolute Gasteiger partial charge is 0.491 e. The molecule has 2 heterocycles. The van der Waals surface area contributed by atoms with E-state index in [1.54, 1.807) is 6.20 Å². The highest BCUT2D eigenvalue weighted by molar-refractivity contribution is 5.49. The molecule has 0 spiro atoms. The Kier molecular flexibility index (Phi) is 1.17. The Balaban J connectivity index is 2.32. The predicted molar refractivity (Wildman–Crippen MR) is 46.6 cm³/mol. The van der Waals surface area contributed by atoms with Crippen molar-refractivity contribution in [3.63, 3.8) is 0 Å². The first-order valence-corrected chi connectivity index (χ1v) is 4.37. The van der Waals surface area contributed by atoms with Crippen LogP contribution in [0.5, 0.6) is 5.88 Å². The number of aromatic hydroxyl groups is 1. The molecule has 13 heavy (non-hydrogen) atoms. The van der Waals surface area contributed by atoms with E-state index in [1.807, 2.05) is 16.8 Å². The van der Waals surface area contributed by atoms with Crippen LogP contribution < -0.4 is 0 Å². The average Bonchev–Trinajstić information content (AvgIpc) is 2.87. The third-order valence-electron chi connectivity index (χ3n) is 2.43. The molecular weight excluding hydrogens is 166 g/mol. The fraction of sp³-hybridized carbons (Fsp3) is 0.333. The summed E-state index contributed by atoms with van der Waals surface area (Å²) in [6.45, 7) is 0. The number of imidazole rings is 1. The summed E-state index contributed by atoms with van der Waals surface area (Å²) in [6, 6.07) is 0. The molecule has 0 saturated heterocycles. The van der Waals surface area contributed by atoms with Crippen LogP contribution in [-0.4, -0.2) is 19.5 Å². The van der Waals surface area contributed by atoms with Crippen molar-refractivity contribution >= 4 is 5.65 Å². The molecule has 4 heteroatoms. The zero-order chi connectivity index (χ0) is 8.84. The van der Waals surface area contributed by atoms with Crippen molar-refractivity contribution in [2.75, 3.05) is 0 Å². The van der Waals surface area contributed by atoms with E-state index in [4.69, 9.17) is 0 Å². The van der Waals surface area contributed by atoms with Gasteiger partial charge in [-0.2, -0.15) is 0 Å².